The molecule has 0 saturated heterocycles. The maximum Gasteiger partial charge on any atom is 0.138 e. The molecule has 0 aliphatic rings. The zero-order chi connectivity index (χ0) is 14.9. The van der Waals surface area contributed by atoms with E-state index in [2.05, 4.69) is 44.7 Å². The Bertz CT molecular complexity index is 395. The number of rotatable bonds is 7. The summed E-state index contributed by atoms with van der Waals surface area (Å²) < 4.78 is 5.29. The minimum atomic E-state index is -0.370. The second-order valence-corrected chi connectivity index (χ2v) is 5.14. The topological polar surface area (TPSA) is 29.5 Å². The van der Waals surface area contributed by atoms with Crippen LogP contribution in [0.5, 0.6) is 0 Å². The Balaban J connectivity index is 4.78. The first kappa shape index (κ1) is 17.5. The van der Waals surface area contributed by atoms with Crippen LogP contribution in [0.15, 0.2) is 24.0 Å². The smallest absolute Gasteiger partial charge is 0.138 e. The van der Waals surface area contributed by atoms with E-state index in [-0.39, 0.29) is 11.5 Å². The van der Waals surface area contributed by atoms with Crippen LogP contribution >= 0.6 is 0 Å². The van der Waals surface area contributed by atoms with E-state index < -0.39 is 0 Å². The third-order valence-corrected chi connectivity index (χ3v) is 3.17. The molecule has 0 spiro atoms. The lowest BCUT2D eigenvalue weighted by Crippen LogP contribution is -2.37. The summed E-state index contributed by atoms with van der Waals surface area (Å²) in [6, 6.07) is 0. The molecule has 0 fully saturated rings. The zero-order valence-corrected chi connectivity index (χ0v) is 12.9. The van der Waals surface area contributed by atoms with Gasteiger partial charge in [0.2, 0.25) is 0 Å². The Hall–Kier alpha value is -1.53. The zero-order valence-electron chi connectivity index (χ0n) is 12.9. The Morgan fingerprint density at radius 2 is 2.05 bits per heavy atom. The molecular weight excluding hydrogens is 238 g/mol. The molecule has 3 heteroatoms. The van der Waals surface area contributed by atoms with E-state index in [9.17, 15) is 4.79 Å². The van der Waals surface area contributed by atoms with Crippen molar-refractivity contribution in [1.29, 1.82) is 0 Å². The Morgan fingerprint density at radius 3 is 2.47 bits per heavy atom. The molecule has 0 heterocycles. The normalized spacial score (nSPS) is 14.2. The molecule has 0 aliphatic heterocycles. The van der Waals surface area contributed by atoms with E-state index in [1.165, 1.54) is 0 Å². The highest BCUT2D eigenvalue weighted by Crippen LogP contribution is 2.17. The number of carbonyl (C=O) groups is 1. The third kappa shape index (κ3) is 6.83. The Kier molecular flexibility index (Phi) is 7.86. The largest absolute Gasteiger partial charge is 0.497 e. The van der Waals surface area contributed by atoms with Crippen LogP contribution in [0.4, 0.5) is 0 Å². The van der Waals surface area contributed by atoms with Crippen molar-refractivity contribution in [3.63, 3.8) is 0 Å². The SMILES string of the molecule is CC#CC(C=O)/C=C\C(=C/CC(C)(C)N(C)C)OC. The molecule has 106 valence electrons. The van der Waals surface area contributed by atoms with Crippen molar-refractivity contribution in [2.24, 2.45) is 5.92 Å². The minimum Gasteiger partial charge on any atom is -0.497 e. The van der Waals surface area contributed by atoms with Crippen molar-refractivity contribution in [3.8, 4) is 11.8 Å². The van der Waals surface area contributed by atoms with Crippen molar-refractivity contribution in [2.75, 3.05) is 21.2 Å². The number of ether oxygens (including phenoxy) is 1. The van der Waals surface area contributed by atoms with Crippen molar-refractivity contribution < 1.29 is 9.53 Å². The summed E-state index contributed by atoms with van der Waals surface area (Å²) in [5.74, 6) is 5.92. The number of methoxy groups -OCH3 is 1. The molecular formula is C16H25NO2. The predicted molar refractivity (Wildman–Crippen MR) is 79.6 cm³/mol. The monoisotopic (exact) mass is 263 g/mol. The molecule has 1 unspecified atom stereocenters. The second kappa shape index (κ2) is 8.55. The summed E-state index contributed by atoms with van der Waals surface area (Å²) >= 11 is 0. The van der Waals surface area contributed by atoms with Gasteiger partial charge in [-0.1, -0.05) is 12.0 Å². The average Bonchev–Trinajstić information content (AvgIpc) is 2.37. The fourth-order valence-electron chi connectivity index (χ4n) is 1.25. The first-order chi connectivity index (χ1) is 8.87. The van der Waals surface area contributed by atoms with Crippen LogP contribution < -0.4 is 0 Å². The number of allylic oxidation sites excluding steroid dienone is 2. The van der Waals surface area contributed by atoms with Crippen LogP contribution in [-0.4, -0.2) is 37.9 Å². The highest BCUT2D eigenvalue weighted by Gasteiger charge is 2.18. The van der Waals surface area contributed by atoms with Crippen molar-refractivity contribution in [3.05, 3.63) is 24.0 Å². The van der Waals surface area contributed by atoms with E-state index in [0.717, 1.165) is 18.5 Å². The van der Waals surface area contributed by atoms with Gasteiger partial charge in [0.05, 0.1) is 13.0 Å². The van der Waals surface area contributed by atoms with Crippen molar-refractivity contribution in [1.82, 2.24) is 4.90 Å². The number of carbonyl (C=O) groups excluding carboxylic acids is 1. The van der Waals surface area contributed by atoms with E-state index >= 15 is 0 Å². The van der Waals surface area contributed by atoms with Crippen LogP contribution in [0, 0.1) is 17.8 Å². The van der Waals surface area contributed by atoms with E-state index in [4.69, 9.17) is 4.74 Å². The lowest BCUT2D eigenvalue weighted by atomic mass is 9.98. The summed E-state index contributed by atoms with van der Waals surface area (Å²) in [5, 5.41) is 0. The van der Waals surface area contributed by atoms with Gasteiger partial charge in [-0.15, -0.1) is 5.92 Å². The molecule has 3 nitrogen and oxygen atoms in total. The van der Waals surface area contributed by atoms with E-state index in [0.29, 0.717) is 0 Å². The molecule has 0 aromatic heterocycles. The number of hydrogen-bond donors (Lipinski definition) is 0. The highest BCUT2D eigenvalue weighted by atomic mass is 16.5. The van der Waals surface area contributed by atoms with Crippen LogP contribution in [0.25, 0.3) is 0 Å². The van der Waals surface area contributed by atoms with Gasteiger partial charge < -0.3 is 14.4 Å². The van der Waals surface area contributed by atoms with Gasteiger partial charge in [0, 0.05) is 5.54 Å². The summed E-state index contributed by atoms with van der Waals surface area (Å²) in [4.78, 5) is 12.9. The van der Waals surface area contributed by atoms with Gasteiger partial charge >= 0.3 is 0 Å². The van der Waals surface area contributed by atoms with E-state index in [1.807, 2.05) is 6.08 Å². The molecule has 0 N–H and O–H groups in total. The lowest BCUT2D eigenvalue weighted by Gasteiger charge is -2.31. The lowest BCUT2D eigenvalue weighted by molar-refractivity contribution is -0.108. The molecule has 0 radical (unpaired) electrons. The summed E-state index contributed by atoms with van der Waals surface area (Å²) in [7, 11) is 5.73. The third-order valence-electron chi connectivity index (χ3n) is 3.17. The van der Waals surface area contributed by atoms with Gasteiger partial charge in [-0.05, 0) is 53.4 Å². The van der Waals surface area contributed by atoms with Crippen LogP contribution in [0.3, 0.4) is 0 Å². The first-order valence-corrected chi connectivity index (χ1v) is 6.34. The summed E-state index contributed by atoms with van der Waals surface area (Å²) in [6.45, 7) is 6.05. The predicted octanol–water partition coefficient (Wildman–Crippen LogP) is 2.64. The van der Waals surface area contributed by atoms with Crippen molar-refractivity contribution in [2.45, 2.75) is 32.7 Å². The molecule has 1 atom stereocenters. The minimum absolute atomic E-state index is 0.0604. The maximum absolute atomic E-state index is 10.8. The van der Waals surface area contributed by atoms with E-state index in [1.54, 1.807) is 26.2 Å². The van der Waals surface area contributed by atoms with Crippen LogP contribution in [0.2, 0.25) is 0 Å². The number of hydrogen-bond acceptors (Lipinski definition) is 3. The van der Waals surface area contributed by atoms with Gasteiger partial charge in [0.25, 0.3) is 0 Å². The Morgan fingerprint density at radius 1 is 1.42 bits per heavy atom. The highest BCUT2D eigenvalue weighted by molar-refractivity contribution is 5.61. The molecule has 0 saturated carbocycles. The molecule has 0 rings (SSSR count). The van der Waals surface area contributed by atoms with Gasteiger partial charge in [0.1, 0.15) is 12.0 Å². The number of nitrogens with zero attached hydrogens (tertiary/aromatic N) is 1. The molecule has 0 amide bonds. The molecule has 19 heavy (non-hydrogen) atoms. The van der Waals surface area contributed by atoms with Crippen LogP contribution in [-0.2, 0) is 9.53 Å². The molecule has 0 bridgehead atoms. The molecule has 0 aliphatic carbocycles. The Labute approximate surface area is 117 Å². The molecule has 0 aromatic carbocycles. The van der Waals surface area contributed by atoms with Crippen LogP contribution in [0.1, 0.15) is 27.2 Å². The second-order valence-electron chi connectivity index (χ2n) is 5.14. The standard InChI is InChI=1S/C16H25NO2/c1-7-8-14(13-18)9-10-15(19-6)11-12-16(2,3)17(4)5/h9-11,13-14H,12H2,1-6H3/b10-9-,15-11+. The van der Waals surface area contributed by atoms with Gasteiger partial charge in [-0.25, -0.2) is 0 Å². The van der Waals surface area contributed by atoms with Gasteiger partial charge in [0.15, 0.2) is 0 Å². The summed E-state index contributed by atoms with van der Waals surface area (Å²) in [5.41, 5.74) is 0.0604. The fraction of sp³-hybridized carbons (Fsp3) is 0.562. The number of aldehydes is 1. The average molecular weight is 263 g/mol. The maximum atomic E-state index is 10.8. The fourth-order valence-corrected chi connectivity index (χ4v) is 1.25. The molecule has 0 aromatic rings. The first-order valence-electron chi connectivity index (χ1n) is 6.34. The van der Waals surface area contributed by atoms with Gasteiger partial charge in [-0.2, -0.15) is 0 Å². The quantitative estimate of drug-likeness (QED) is 0.306. The van der Waals surface area contributed by atoms with Gasteiger partial charge in [-0.3, -0.25) is 0 Å². The summed E-state index contributed by atoms with van der Waals surface area (Å²) in [6.07, 6.45) is 7.26. The van der Waals surface area contributed by atoms with Crippen molar-refractivity contribution >= 4 is 6.29 Å².